The Balaban J connectivity index is 2.38. The molecule has 0 saturated heterocycles. The van der Waals surface area contributed by atoms with E-state index in [-0.39, 0.29) is 5.69 Å². The van der Waals surface area contributed by atoms with E-state index in [0.717, 1.165) is 12.8 Å². The van der Waals surface area contributed by atoms with Crippen molar-refractivity contribution in [2.75, 3.05) is 12.4 Å². The van der Waals surface area contributed by atoms with E-state index in [1.165, 1.54) is 13.2 Å². The summed E-state index contributed by atoms with van der Waals surface area (Å²) in [4.78, 5) is 10.4. The van der Waals surface area contributed by atoms with Crippen LogP contribution in [0.4, 0.5) is 11.4 Å². The SMILES string of the molecule is COc1cccc([N+](=O)[O-])c1NC1CC1. The fraction of sp³-hybridized carbons (Fsp3) is 0.400. The van der Waals surface area contributed by atoms with Crippen LogP contribution in [0.5, 0.6) is 5.75 Å². The molecule has 1 aromatic carbocycles. The highest BCUT2D eigenvalue weighted by Gasteiger charge is 2.26. The van der Waals surface area contributed by atoms with Gasteiger partial charge in [-0.25, -0.2) is 0 Å². The van der Waals surface area contributed by atoms with Crippen molar-refractivity contribution in [1.82, 2.24) is 0 Å². The van der Waals surface area contributed by atoms with Crippen LogP contribution in [0.25, 0.3) is 0 Å². The molecule has 0 bridgehead atoms. The Bertz CT molecular complexity index is 388. The molecule has 0 radical (unpaired) electrons. The molecule has 1 saturated carbocycles. The number of nitro benzene ring substituents is 1. The Kier molecular flexibility index (Phi) is 2.45. The first kappa shape index (κ1) is 9.76. The lowest BCUT2D eigenvalue weighted by molar-refractivity contribution is -0.384. The first-order chi connectivity index (χ1) is 7.22. The van der Waals surface area contributed by atoms with Crippen molar-refractivity contribution in [3.05, 3.63) is 28.3 Å². The highest BCUT2D eigenvalue weighted by Crippen LogP contribution is 2.37. The van der Waals surface area contributed by atoms with Gasteiger partial charge in [-0.15, -0.1) is 0 Å². The number of methoxy groups -OCH3 is 1. The van der Waals surface area contributed by atoms with Gasteiger partial charge in [-0.2, -0.15) is 0 Å². The summed E-state index contributed by atoms with van der Waals surface area (Å²) in [6.45, 7) is 0. The van der Waals surface area contributed by atoms with Crippen molar-refractivity contribution in [1.29, 1.82) is 0 Å². The predicted molar refractivity (Wildman–Crippen MR) is 56.3 cm³/mol. The summed E-state index contributed by atoms with van der Waals surface area (Å²) >= 11 is 0. The minimum absolute atomic E-state index is 0.0706. The summed E-state index contributed by atoms with van der Waals surface area (Å²) in [5, 5.41) is 13.9. The molecule has 1 fully saturated rings. The van der Waals surface area contributed by atoms with Gasteiger partial charge in [-0.3, -0.25) is 10.1 Å². The molecule has 15 heavy (non-hydrogen) atoms. The number of anilines is 1. The average molecular weight is 208 g/mol. The number of nitro groups is 1. The zero-order chi connectivity index (χ0) is 10.8. The number of hydrogen-bond acceptors (Lipinski definition) is 4. The monoisotopic (exact) mass is 208 g/mol. The average Bonchev–Trinajstić information content (AvgIpc) is 3.01. The molecular formula is C10H12N2O3. The summed E-state index contributed by atoms with van der Waals surface area (Å²) in [7, 11) is 1.51. The van der Waals surface area contributed by atoms with E-state index in [4.69, 9.17) is 4.74 Å². The molecule has 0 aromatic heterocycles. The molecule has 1 N–H and O–H groups in total. The summed E-state index contributed by atoms with van der Waals surface area (Å²) in [5.41, 5.74) is 0.564. The van der Waals surface area contributed by atoms with Gasteiger partial charge in [0.2, 0.25) is 0 Å². The third-order valence-electron chi connectivity index (χ3n) is 2.35. The van der Waals surface area contributed by atoms with Crippen LogP contribution in [-0.2, 0) is 0 Å². The summed E-state index contributed by atoms with van der Waals surface area (Å²) < 4.78 is 5.10. The van der Waals surface area contributed by atoms with Gasteiger partial charge >= 0.3 is 0 Å². The molecule has 0 atom stereocenters. The van der Waals surface area contributed by atoms with E-state index < -0.39 is 4.92 Å². The minimum atomic E-state index is -0.396. The van der Waals surface area contributed by atoms with Gasteiger partial charge in [-0.05, 0) is 18.9 Å². The lowest BCUT2D eigenvalue weighted by Gasteiger charge is -2.10. The zero-order valence-corrected chi connectivity index (χ0v) is 8.40. The van der Waals surface area contributed by atoms with Crippen molar-refractivity contribution in [3.8, 4) is 5.75 Å². The number of para-hydroxylation sites is 1. The number of rotatable bonds is 4. The van der Waals surface area contributed by atoms with Gasteiger partial charge in [0.15, 0.2) is 5.69 Å². The van der Waals surface area contributed by atoms with Crippen LogP contribution in [0.3, 0.4) is 0 Å². The van der Waals surface area contributed by atoms with E-state index in [9.17, 15) is 10.1 Å². The highest BCUT2D eigenvalue weighted by atomic mass is 16.6. The van der Waals surface area contributed by atoms with Gasteiger partial charge in [-0.1, -0.05) is 6.07 Å². The lowest BCUT2D eigenvalue weighted by Crippen LogP contribution is -2.05. The molecule has 5 heteroatoms. The largest absolute Gasteiger partial charge is 0.494 e. The molecule has 1 aliphatic carbocycles. The Morgan fingerprint density at radius 3 is 2.80 bits per heavy atom. The van der Waals surface area contributed by atoms with Gasteiger partial charge in [0.1, 0.15) is 5.75 Å². The maximum Gasteiger partial charge on any atom is 0.296 e. The quantitative estimate of drug-likeness (QED) is 0.608. The third-order valence-corrected chi connectivity index (χ3v) is 2.35. The third kappa shape index (κ3) is 2.01. The number of hydrogen-bond donors (Lipinski definition) is 1. The fourth-order valence-corrected chi connectivity index (χ4v) is 1.42. The molecule has 0 aliphatic heterocycles. The maximum absolute atomic E-state index is 10.8. The molecule has 0 unspecified atom stereocenters. The van der Waals surface area contributed by atoms with E-state index >= 15 is 0 Å². The van der Waals surface area contributed by atoms with Crippen LogP contribution in [0, 0.1) is 10.1 Å². The maximum atomic E-state index is 10.8. The van der Waals surface area contributed by atoms with E-state index in [1.807, 2.05) is 0 Å². The highest BCUT2D eigenvalue weighted by molar-refractivity contribution is 5.70. The van der Waals surface area contributed by atoms with E-state index in [1.54, 1.807) is 12.1 Å². The molecule has 1 aliphatic rings. The second-order valence-electron chi connectivity index (χ2n) is 3.53. The topological polar surface area (TPSA) is 64.4 Å². The van der Waals surface area contributed by atoms with Crippen molar-refractivity contribution in [2.24, 2.45) is 0 Å². The lowest BCUT2D eigenvalue weighted by atomic mass is 10.2. The number of nitrogens with one attached hydrogen (secondary N) is 1. The minimum Gasteiger partial charge on any atom is -0.494 e. The van der Waals surface area contributed by atoms with Crippen LogP contribution in [0.15, 0.2) is 18.2 Å². The Labute approximate surface area is 87.2 Å². The van der Waals surface area contributed by atoms with Crippen LogP contribution < -0.4 is 10.1 Å². The van der Waals surface area contributed by atoms with Crippen LogP contribution in [0.2, 0.25) is 0 Å². The standard InChI is InChI=1S/C10H12N2O3/c1-15-9-4-2-3-8(12(13)14)10(9)11-7-5-6-7/h2-4,7,11H,5-6H2,1H3. The fourth-order valence-electron chi connectivity index (χ4n) is 1.42. The van der Waals surface area contributed by atoms with Crippen LogP contribution in [-0.4, -0.2) is 18.1 Å². The molecule has 5 nitrogen and oxygen atoms in total. The first-order valence-corrected chi connectivity index (χ1v) is 4.80. The first-order valence-electron chi connectivity index (χ1n) is 4.80. The summed E-state index contributed by atoms with van der Waals surface area (Å²) in [5.74, 6) is 0.524. The Morgan fingerprint density at radius 2 is 2.27 bits per heavy atom. The normalized spacial score (nSPS) is 14.7. The molecule has 2 rings (SSSR count). The van der Waals surface area contributed by atoms with Crippen LogP contribution >= 0.6 is 0 Å². The van der Waals surface area contributed by atoms with Gasteiger partial charge < -0.3 is 10.1 Å². The van der Waals surface area contributed by atoms with E-state index in [2.05, 4.69) is 5.32 Å². The molecule has 80 valence electrons. The predicted octanol–water partition coefficient (Wildman–Crippen LogP) is 2.18. The van der Waals surface area contributed by atoms with Gasteiger partial charge in [0.25, 0.3) is 5.69 Å². The van der Waals surface area contributed by atoms with Gasteiger partial charge in [0.05, 0.1) is 12.0 Å². The molecule has 0 spiro atoms. The Hall–Kier alpha value is -1.78. The molecular weight excluding hydrogens is 196 g/mol. The van der Waals surface area contributed by atoms with Crippen LogP contribution in [0.1, 0.15) is 12.8 Å². The smallest absolute Gasteiger partial charge is 0.296 e. The second kappa shape index (κ2) is 3.76. The second-order valence-corrected chi connectivity index (χ2v) is 3.53. The number of benzene rings is 1. The van der Waals surface area contributed by atoms with Crippen molar-refractivity contribution in [2.45, 2.75) is 18.9 Å². The molecule has 0 amide bonds. The van der Waals surface area contributed by atoms with Gasteiger partial charge in [0, 0.05) is 12.1 Å². The summed E-state index contributed by atoms with van der Waals surface area (Å²) in [6, 6.07) is 5.18. The molecule has 1 aromatic rings. The zero-order valence-electron chi connectivity index (χ0n) is 8.40. The molecule has 0 heterocycles. The Morgan fingerprint density at radius 1 is 1.53 bits per heavy atom. The van der Waals surface area contributed by atoms with E-state index in [0.29, 0.717) is 17.5 Å². The number of ether oxygens (including phenoxy) is 1. The van der Waals surface area contributed by atoms with Crippen molar-refractivity contribution in [3.63, 3.8) is 0 Å². The number of nitrogens with zero attached hydrogens (tertiary/aromatic N) is 1. The summed E-state index contributed by atoms with van der Waals surface area (Å²) in [6.07, 6.45) is 2.13. The van der Waals surface area contributed by atoms with Crippen molar-refractivity contribution >= 4 is 11.4 Å². The van der Waals surface area contributed by atoms with Crippen molar-refractivity contribution < 1.29 is 9.66 Å².